The molecule has 0 unspecified atom stereocenters. The van der Waals surface area contributed by atoms with E-state index in [0.29, 0.717) is 23.5 Å². The standard InChI is InChI=1S/C25H39ClN2O2/c1-24(2)20-8-10-25(24,3)23(16-20)30-15-9-22(29)18-28-13-11-27(12-14-28)17-19-4-6-21(26)7-5-19/h4-7,20,22-23,29H,8-18H2,1-3H3/t20-,22+,23-,25-/m0/s1. The van der Waals surface area contributed by atoms with Crippen molar-refractivity contribution in [3.63, 3.8) is 0 Å². The van der Waals surface area contributed by atoms with Gasteiger partial charge in [0.1, 0.15) is 0 Å². The van der Waals surface area contributed by atoms with Crippen LogP contribution in [0.4, 0.5) is 0 Å². The fourth-order valence-corrected chi connectivity index (χ4v) is 6.22. The van der Waals surface area contributed by atoms with Crippen LogP contribution in [0.3, 0.4) is 0 Å². The fourth-order valence-electron chi connectivity index (χ4n) is 6.10. The predicted molar refractivity (Wildman–Crippen MR) is 123 cm³/mol. The summed E-state index contributed by atoms with van der Waals surface area (Å²) in [7, 11) is 0. The highest BCUT2D eigenvalue weighted by Gasteiger charge is 2.61. The molecule has 2 aliphatic carbocycles. The highest BCUT2D eigenvalue weighted by molar-refractivity contribution is 6.30. The van der Waals surface area contributed by atoms with Crippen LogP contribution in [0.2, 0.25) is 5.02 Å². The molecule has 0 amide bonds. The molecule has 0 aromatic heterocycles. The van der Waals surface area contributed by atoms with Crippen LogP contribution >= 0.6 is 11.6 Å². The number of piperazine rings is 1. The number of fused-ring (bicyclic) bond motifs is 2. The molecular formula is C25H39ClN2O2. The van der Waals surface area contributed by atoms with E-state index in [0.717, 1.165) is 56.6 Å². The van der Waals surface area contributed by atoms with E-state index in [4.69, 9.17) is 16.3 Å². The minimum atomic E-state index is -0.299. The molecule has 2 bridgehead atoms. The van der Waals surface area contributed by atoms with Crippen molar-refractivity contribution < 1.29 is 9.84 Å². The molecule has 1 heterocycles. The zero-order chi connectivity index (χ0) is 21.4. The molecule has 168 valence electrons. The Morgan fingerprint density at radius 2 is 1.77 bits per heavy atom. The molecule has 1 saturated heterocycles. The second-order valence-electron chi connectivity index (χ2n) is 10.6. The van der Waals surface area contributed by atoms with Gasteiger partial charge in [0.2, 0.25) is 0 Å². The molecule has 1 aliphatic heterocycles. The van der Waals surface area contributed by atoms with Crippen molar-refractivity contribution in [2.45, 2.75) is 65.2 Å². The molecular weight excluding hydrogens is 396 g/mol. The van der Waals surface area contributed by atoms with Gasteiger partial charge in [-0.2, -0.15) is 0 Å². The third kappa shape index (κ3) is 4.59. The van der Waals surface area contributed by atoms with Gasteiger partial charge in [0.15, 0.2) is 0 Å². The van der Waals surface area contributed by atoms with E-state index in [1.54, 1.807) is 0 Å². The third-order valence-electron chi connectivity index (χ3n) is 8.74. The molecule has 0 radical (unpaired) electrons. The Morgan fingerprint density at radius 1 is 1.10 bits per heavy atom. The van der Waals surface area contributed by atoms with Crippen LogP contribution in [0.15, 0.2) is 24.3 Å². The van der Waals surface area contributed by atoms with Crippen molar-refractivity contribution in [3.05, 3.63) is 34.9 Å². The largest absolute Gasteiger partial charge is 0.392 e. The first-order valence-electron chi connectivity index (χ1n) is 11.8. The first-order chi connectivity index (χ1) is 14.3. The van der Waals surface area contributed by atoms with Crippen LogP contribution in [0.25, 0.3) is 0 Å². The van der Waals surface area contributed by atoms with Gasteiger partial charge in [0.25, 0.3) is 0 Å². The van der Waals surface area contributed by atoms with Crippen LogP contribution in [0.1, 0.15) is 52.0 Å². The SMILES string of the molecule is CC1(C)[C@H]2CC[C@@]1(C)[C@@H](OCC[C@@H](O)CN1CCN(Cc3ccc(Cl)cc3)CC1)C2. The summed E-state index contributed by atoms with van der Waals surface area (Å²) < 4.78 is 6.33. The minimum absolute atomic E-state index is 0.299. The lowest BCUT2D eigenvalue weighted by molar-refractivity contribution is -0.0570. The topological polar surface area (TPSA) is 35.9 Å². The van der Waals surface area contributed by atoms with Crippen molar-refractivity contribution in [2.24, 2.45) is 16.7 Å². The molecule has 30 heavy (non-hydrogen) atoms. The summed E-state index contributed by atoms with van der Waals surface area (Å²) in [5.41, 5.74) is 2.01. The lowest BCUT2D eigenvalue weighted by atomic mass is 9.70. The van der Waals surface area contributed by atoms with Crippen molar-refractivity contribution >= 4 is 11.6 Å². The number of aliphatic hydroxyl groups is 1. The Kier molecular flexibility index (Phi) is 6.82. The van der Waals surface area contributed by atoms with Crippen LogP contribution in [-0.2, 0) is 11.3 Å². The number of rotatable bonds is 8. The van der Waals surface area contributed by atoms with E-state index in [-0.39, 0.29) is 6.10 Å². The molecule has 1 N–H and O–H groups in total. The number of ether oxygens (including phenoxy) is 1. The smallest absolute Gasteiger partial charge is 0.0689 e. The van der Waals surface area contributed by atoms with Crippen molar-refractivity contribution in [1.82, 2.24) is 9.80 Å². The number of hydrogen-bond donors (Lipinski definition) is 1. The summed E-state index contributed by atoms with van der Waals surface area (Å²) >= 11 is 5.98. The molecule has 0 spiro atoms. The van der Waals surface area contributed by atoms with Crippen LogP contribution in [-0.4, -0.2) is 66.4 Å². The van der Waals surface area contributed by atoms with E-state index in [1.807, 2.05) is 12.1 Å². The summed E-state index contributed by atoms with van der Waals surface area (Å²) in [5.74, 6) is 0.807. The monoisotopic (exact) mass is 434 g/mol. The van der Waals surface area contributed by atoms with Gasteiger partial charge in [-0.3, -0.25) is 9.80 Å². The van der Waals surface area contributed by atoms with E-state index in [1.165, 1.54) is 24.8 Å². The number of aliphatic hydroxyl groups excluding tert-OH is 1. The Morgan fingerprint density at radius 3 is 2.37 bits per heavy atom. The number of benzene rings is 1. The molecule has 3 fully saturated rings. The Labute approximate surface area is 187 Å². The number of nitrogens with zero attached hydrogens (tertiary/aromatic N) is 2. The zero-order valence-corrected chi connectivity index (χ0v) is 19.7. The number of halogens is 1. The van der Waals surface area contributed by atoms with Crippen LogP contribution in [0.5, 0.6) is 0 Å². The van der Waals surface area contributed by atoms with E-state index in [2.05, 4.69) is 42.7 Å². The molecule has 4 atom stereocenters. The highest BCUT2D eigenvalue weighted by Crippen LogP contribution is 2.66. The lowest BCUT2D eigenvalue weighted by Crippen LogP contribution is -2.48. The first kappa shape index (κ1) is 22.5. The summed E-state index contributed by atoms with van der Waals surface area (Å²) in [6.07, 6.45) is 4.66. The Hall–Kier alpha value is -0.650. The average Bonchev–Trinajstić information content (AvgIpc) is 3.05. The van der Waals surface area contributed by atoms with E-state index < -0.39 is 0 Å². The maximum Gasteiger partial charge on any atom is 0.0689 e. The molecule has 3 aliphatic rings. The second-order valence-corrected chi connectivity index (χ2v) is 11.1. The summed E-state index contributed by atoms with van der Waals surface area (Å²) in [6.45, 7) is 13.8. The fraction of sp³-hybridized carbons (Fsp3) is 0.760. The molecule has 1 aromatic carbocycles. The second kappa shape index (κ2) is 9.07. The van der Waals surface area contributed by atoms with E-state index in [9.17, 15) is 5.11 Å². The predicted octanol–water partition coefficient (Wildman–Crippen LogP) is 4.44. The molecule has 1 aromatic rings. The zero-order valence-electron chi connectivity index (χ0n) is 18.9. The Bertz CT molecular complexity index is 702. The van der Waals surface area contributed by atoms with Crippen LogP contribution < -0.4 is 0 Å². The molecule has 4 rings (SSSR count). The van der Waals surface area contributed by atoms with Crippen LogP contribution in [0, 0.1) is 16.7 Å². The van der Waals surface area contributed by atoms with Crippen molar-refractivity contribution in [3.8, 4) is 0 Å². The maximum atomic E-state index is 10.6. The van der Waals surface area contributed by atoms with Gasteiger partial charge in [-0.25, -0.2) is 0 Å². The average molecular weight is 435 g/mol. The third-order valence-corrected chi connectivity index (χ3v) is 8.99. The lowest BCUT2D eigenvalue weighted by Gasteiger charge is -2.39. The summed E-state index contributed by atoms with van der Waals surface area (Å²) in [5, 5.41) is 11.3. The molecule has 4 nitrogen and oxygen atoms in total. The van der Waals surface area contributed by atoms with Gasteiger partial charge in [-0.15, -0.1) is 0 Å². The van der Waals surface area contributed by atoms with Crippen molar-refractivity contribution in [1.29, 1.82) is 0 Å². The van der Waals surface area contributed by atoms with Gasteiger partial charge in [0, 0.05) is 50.9 Å². The molecule has 2 saturated carbocycles. The first-order valence-corrected chi connectivity index (χ1v) is 12.1. The van der Waals surface area contributed by atoms with Gasteiger partial charge in [-0.05, 0) is 60.1 Å². The Balaban J connectivity index is 1.14. The molecule has 5 heteroatoms. The van der Waals surface area contributed by atoms with Gasteiger partial charge >= 0.3 is 0 Å². The number of β-amino-alcohol motifs (C(OH)–C–C–N with tert-alkyl or cyclic N) is 1. The minimum Gasteiger partial charge on any atom is -0.392 e. The maximum absolute atomic E-state index is 10.6. The summed E-state index contributed by atoms with van der Waals surface area (Å²) in [6, 6.07) is 8.14. The quantitative estimate of drug-likeness (QED) is 0.656. The van der Waals surface area contributed by atoms with Crippen molar-refractivity contribution in [2.75, 3.05) is 39.3 Å². The van der Waals surface area contributed by atoms with Gasteiger partial charge < -0.3 is 9.84 Å². The normalized spacial score (nSPS) is 32.6. The van der Waals surface area contributed by atoms with Gasteiger partial charge in [-0.1, -0.05) is 44.5 Å². The van der Waals surface area contributed by atoms with Gasteiger partial charge in [0.05, 0.1) is 12.2 Å². The number of hydrogen-bond acceptors (Lipinski definition) is 4. The highest BCUT2D eigenvalue weighted by atomic mass is 35.5. The van der Waals surface area contributed by atoms with E-state index >= 15 is 0 Å². The summed E-state index contributed by atoms with van der Waals surface area (Å²) in [4.78, 5) is 4.87.